The van der Waals surface area contributed by atoms with Gasteiger partial charge in [0.05, 0.1) is 11.6 Å². The zero-order valence-corrected chi connectivity index (χ0v) is 11.3. The molecule has 3 rings (SSSR count). The van der Waals surface area contributed by atoms with Crippen LogP contribution in [0.4, 0.5) is 0 Å². The molecule has 3 aromatic rings. The summed E-state index contributed by atoms with van der Waals surface area (Å²) in [6.07, 6.45) is 1.76. The maximum Gasteiger partial charge on any atom is 0.253 e. The molecule has 0 saturated heterocycles. The molecule has 100 valence electrons. The van der Waals surface area contributed by atoms with Crippen LogP contribution in [0.2, 0.25) is 0 Å². The normalized spacial score (nSPS) is 12.2. The van der Waals surface area contributed by atoms with Crippen molar-refractivity contribution in [3.05, 3.63) is 71.9 Å². The highest BCUT2D eigenvalue weighted by Crippen LogP contribution is 2.19. The van der Waals surface area contributed by atoms with Crippen molar-refractivity contribution in [2.75, 3.05) is 0 Å². The topological polar surface area (TPSA) is 44.9 Å². The Kier molecular flexibility index (Phi) is 3.25. The zero-order chi connectivity index (χ0) is 13.9. The number of aromatic amines is 1. The van der Waals surface area contributed by atoms with E-state index in [0.29, 0.717) is 5.56 Å². The summed E-state index contributed by atoms with van der Waals surface area (Å²) in [5, 5.41) is 3.98. The second kappa shape index (κ2) is 5.21. The predicted octanol–water partition coefficient (Wildman–Crippen LogP) is 3.66. The van der Waals surface area contributed by atoms with E-state index in [2.05, 4.69) is 10.3 Å². The Labute approximate surface area is 117 Å². The number of aromatic nitrogens is 1. The summed E-state index contributed by atoms with van der Waals surface area (Å²) in [6.45, 7) is 1.99. The predicted molar refractivity (Wildman–Crippen MR) is 80.6 cm³/mol. The molecule has 0 bridgehead atoms. The average Bonchev–Trinajstić information content (AvgIpc) is 2.92. The second-order valence-electron chi connectivity index (χ2n) is 4.85. The number of carbonyl (C=O) groups is 1. The molecular formula is C17H16N2O. The fourth-order valence-electron chi connectivity index (χ4n) is 2.36. The molecule has 0 aliphatic heterocycles. The van der Waals surface area contributed by atoms with E-state index in [1.807, 2.05) is 61.5 Å². The van der Waals surface area contributed by atoms with E-state index in [1.54, 1.807) is 6.20 Å². The van der Waals surface area contributed by atoms with E-state index in [1.165, 1.54) is 0 Å². The minimum absolute atomic E-state index is 0.0163. The van der Waals surface area contributed by atoms with Crippen LogP contribution in [0.5, 0.6) is 0 Å². The van der Waals surface area contributed by atoms with Gasteiger partial charge in [0.1, 0.15) is 0 Å². The Morgan fingerprint density at radius 2 is 1.75 bits per heavy atom. The van der Waals surface area contributed by atoms with Crippen LogP contribution in [0, 0.1) is 0 Å². The Morgan fingerprint density at radius 3 is 2.55 bits per heavy atom. The van der Waals surface area contributed by atoms with E-state index in [9.17, 15) is 4.79 Å². The Balaban J connectivity index is 1.83. The third-order valence-electron chi connectivity index (χ3n) is 3.48. The highest BCUT2D eigenvalue weighted by molar-refractivity contribution is 6.06. The van der Waals surface area contributed by atoms with Gasteiger partial charge in [0.15, 0.2) is 0 Å². The quantitative estimate of drug-likeness (QED) is 0.745. The molecule has 1 atom stereocenters. The molecule has 0 aliphatic rings. The molecular weight excluding hydrogens is 248 g/mol. The minimum Gasteiger partial charge on any atom is -0.360 e. The van der Waals surface area contributed by atoms with Gasteiger partial charge in [-0.1, -0.05) is 48.5 Å². The van der Waals surface area contributed by atoms with Gasteiger partial charge in [-0.3, -0.25) is 4.79 Å². The lowest BCUT2D eigenvalue weighted by atomic mass is 10.1. The molecule has 1 amide bonds. The molecule has 0 aliphatic carbocycles. The summed E-state index contributed by atoms with van der Waals surface area (Å²) < 4.78 is 0. The van der Waals surface area contributed by atoms with Crippen molar-refractivity contribution in [2.24, 2.45) is 0 Å². The molecule has 2 aromatic carbocycles. The van der Waals surface area contributed by atoms with Gasteiger partial charge in [0.2, 0.25) is 0 Å². The van der Waals surface area contributed by atoms with E-state index in [0.717, 1.165) is 16.5 Å². The fraction of sp³-hybridized carbons (Fsp3) is 0.118. The van der Waals surface area contributed by atoms with Crippen molar-refractivity contribution >= 4 is 16.8 Å². The first-order valence-electron chi connectivity index (χ1n) is 6.67. The number of carbonyl (C=O) groups excluding carboxylic acids is 1. The number of rotatable bonds is 3. The van der Waals surface area contributed by atoms with Crippen LogP contribution >= 0.6 is 0 Å². The number of H-pyrrole nitrogens is 1. The molecule has 3 heteroatoms. The number of fused-ring (bicyclic) bond motifs is 1. The molecule has 0 unspecified atom stereocenters. The SMILES string of the molecule is C[C@H](NC(=O)c1c[nH]c2ccccc12)c1ccccc1. The maximum atomic E-state index is 12.4. The summed E-state index contributed by atoms with van der Waals surface area (Å²) in [4.78, 5) is 15.5. The first-order valence-corrected chi connectivity index (χ1v) is 6.67. The average molecular weight is 264 g/mol. The lowest BCUT2D eigenvalue weighted by molar-refractivity contribution is 0.0941. The number of hydrogen-bond acceptors (Lipinski definition) is 1. The van der Waals surface area contributed by atoms with Crippen LogP contribution in [0.15, 0.2) is 60.8 Å². The lowest BCUT2D eigenvalue weighted by Crippen LogP contribution is -2.26. The molecule has 3 nitrogen and oxygen atoms in total. The van der Waals surface area contributed by atoms with Crippen LogP contribution in [-0.4, -0.2) is 10.9 Å². The van der Waals surface area contributed by atoms with Gasteiger partial charge in [0, 0.05) is 17.1 Å². The molecule has 0 fully saturated rings. The lowest BCUT2D eigenvalue weighted by Gasteiger charge is -2.13. The van der Waals surface area contributed by atoms with Gasteiger partial charge in [-0.25, -0.2) is 0 Å². The fourth-order valence-corrected chi connectivity index (χ4v) is 2.36. The van der Waals surface area contributed by atoms with Crippen LogP contribution in [0.25, 0.3) is 10.9 Å². The van der Waals surface area contributed by atoms with Gasteiger partial charge in [-0.15, -0.1) is 0 Å². The summed E-state index contributed by atoms with van der Waals surface area (Å²) >= 11 is 0. The summed E-state index contributed by atoms with van der Waals surface area (Å²) in [5.41, 5.74) is 2.76. The maximum absolute atomic E-state index is 12.4. The van der Waals surface area contributed by atoms with Crippen LogP contribution in [0.1, 0.15) is 28.9 Å². The van der Waals surface area contributed by atoms with Crippen molar-refractivity contribution in [2.45, 2.75) is 13.0 Å². The molecule has 20 heavy (non-hydrogen) atoms. The number of hydrogen-bond donors (Lipinski definition) is 2. The van der Waals surface area contributed by atoms with E-state index in [4.69, 9.17) is 0 Å². The molecule has 2 N–H and O–H groups in total. The number of nitrogens with one attached hydrogen (secondary N) is 2. The Bertz CT molecular complexity index is 731. The Morgan fingerprint density at radius 1 is 1.05 bits per heavy atom. The standard InChI is InChI=1S/C17H16N2O/c1-12(13-7-3-2-4-8-13)19-17(20)15-11-18-16-10-6-5-9-14(15)16/h2-12,18H,1H3,(H,19,20)/t12-/m0/s1. The van der Waals surface area contributed by atoms with Crippen LogP contribution in [0.3, 0.4) is 0 Å². The summed E-state index contributed by atoms with van der Waals surface area (Å²) in [5.74, 6) is -0.0567. The number of amides is 1. The van der Waals surface area contributed by atoms with Gasteiger partial charge in [-0.05, 0) is 18.6 Å². The van der Waals surface area contributed by atoms with Crippen molar-refractivity contribution in [1.29, 1.82) is 0 Å². The van der Waals surface area contributed by atoms with Crippen molar-refractivity contribution in [3.8, 4) is 0 Å². The number of benzene rings is 2. The van der Waals surface area contributed by atoms with E-state index in [-0.39, 0.29) is 11.9 Å². The first kappa shape index (κ1) is 12.5. The largest absolute Gasteiger partial charge is 0.360 e. The molecule has 0 saturated carbocycles. The summed E-state index contributed by atoms with van der Waals surface area (Å²) in [7, 11) is 0. The molecule has 1 aromatic heterocycles. The van der Waals surface area contributed by atoms with Crippen molar-refractivity contribution in [3.63, 3.8) is 0 Å². The summed E-state index contributed by atoms with van der Waals surface area (Å²) in [6, 6.07) is 17.7. The number of para-hydroxylation sites is 1. The van der Waals surface area contributed by atoms with Gasteiger partial charge in [-0.2, -0.15) is 0 Å². The third-order valence-corrected chi connectivity index (χ3v) is 3.48. The van der Waals surface area contributed by atoms with Gasteiger partial charge < -0.3 is 10.3 Å². The van der Waals surface area contributed by atoms with Crippen molar-refractivity contribution in [1.82, 2.24) is 10.3 Å². The Hall–Kier alpha value is -2.55. The highest BCUT2D eigenvalue weighted by atomic mass is 16.1. The van der Waals surface area contributed by atoms with E-state index < -0.39 is 0 Å². The molecule has 0 spiro atoms. The van der Waals surface area contributed by atoms with Gasteiger partial charge in [0.25, 0.3) is 5.91 Å². The van der Waals surface area contributed by atoms with Gasteiger partial charge >= 0.3 is 0 Å². The zero-order valence-electron chi connectivity index (χ0n) is 11.3. The van der Waals surface area contributed by atoms with E-state index >= 15 is 0 Å². The highest BCUT2D eigenvalue weighted by Gasteiger charge is 2.14. The minimum atomic E-state index is -0.0567. The monoisotopic (exact) mass is 264 g/mol. The molecule has 0 radical (unpaired) electrons. The smallest absolute Gasteiger partial charge is 0.253 e. The van der Waals surface area contributed by atoms with Crippen LogP contribution in [-0.2, 0) is 0 Å². The van der Waals surface area contributed by atoms with Crippen molar-refractivity contribution < 1.29 is 4.79 Å². The third kappa shape index (κ3) is 2.30. The molecule has 1 heterocycles. The second-order valence-corrected chi connectivity index (χ2v) is 4.85. The first-order chi connectivity index (χ1) is 9.75. The van der Waals surface area contributed by atoms with Crippen LogP contribution < -0.4 is 5.32 Å².